The zero-order valence-corrected chi connectivity index (χ0v) is 20.0. The lowest BCUT2D eigenvalue weighted by molar-refractivity contribution is -0.331. The number of hydrogen-bond acceptors (Lipinski definition) is 10. The summed E-state index contributed by atoms with van der Waals surface area (Å²) in [6.45, 7) is 4.88. The first-order valence-corrected chi connectivity index (χ1v) is 11.5. The topological polar surface area (TPSA) is 159 Å². The van der Waals surface area contributed by atoms with Crippen LogP contribution in [0.5, 0.6) is 5.75 Å². The molecule has 1 aliphatic rings. The second-order valence-electron chi connectivity index (χ2n) is 9.29. The van der Waals surface area contributed by atoms with Gasteiger partial charge in [-0.15, -0.1) is 0 Å². The van der Waals surface area contributed by atoms with Crippen LogP contribution in [0.25, 0.3) is 11.0 Å². The molecule has 194 valence electrons. The van der Waals surface area contributed by atoms with E-state index in [2.05, 4.69) is 0 Å². The van der Waals surface area contributed by atoms with Crippen molar-refractivity contribution in [2.45, 2.75) is 76.0 Å². The van der Waals surface area contributed by atoms with Crippen LogP contribution in [0.1, 0.15) is 33.6 Å². The van der Waals surface area contributed by atoms with Crippen molar-refractivity contribution in [3.8, 4) is 5.75 Å². The summed E-state index contributed by atoms with van der Waals surface area (Å²) in [5, 5.41) is 50.8. The summed E-state index contributed by atoms with van der Waals surface area (Å²) in [5.74, 6) is 0.560. The summed E-state index contributed by atoms with van der Waals surface area (Å²) in [6.07, 6.45) is -5.17. The van der Waals surface area contributed by atoms with Crippen molar-refractivity contribution in [1.82, 2.24) is 0 Å². The van der Waals surface area contributed by atoms with Crippen LogP contribution >= 0.6 is 0 Å². The van der Waals surface area contributed by atoms with E-state index in [1.54, 1.807) is 38.1 Å². The Balaban J connectivity index is 1.50. The molecular weight excluding hydrogens is 460 g/mol. The van der Waals surface area contributed by atoms with Crippen LogP contribution in [-0.2, 0) is 9.47 Å². The zero-order valence-electron chi connectivity index (χ0n) is 20.0. The van der Waals surface area contributed by atoms with Crippen LogP contribution in [0.4, 0.5) is 0 Å². The van der Waals surface area contributed by atoms with Gasteiger partial charge in [-0.05, 0) is 57.9 Å². The van der Waals surface area contributed by atoms with E-state index >= 15 is 0 Å². The molecule has 1 aliphatic heterocycles. The number of rotatable bonds is 10. The first-order valence-electron chi connectivity index (χ1n) is 11.5. The summed E-state index contributed by atoms with van der Waals surface area (Å²) < 4.78 is 22.0. The minimum atomic E-state index is -1.55. The average Bonchev–Trinajstić information content (AvgIpc) is 2.82. The monoisotopic (exact) mass is 494 g/mol. The van der Waals surface area contributed by atoms with Gasteiger partial charge in [-0.3, -0.25) is 0 Å². The third-order valence-corrected chi connectivity index (χ3v) is 6.16. The lowest BCUT2D eigenvalue weighted by atomic mass is 9.94. The summed E-state index contributed by atoms with van der Waals surface area (Å²) >= 11 is 0. The molecule has 3 rings (SSSR count). The minimum Gasteiger partial charge on any atom is -0.489 e. The van der Waals surface area contributed by atoms with E-state index in [4.69, 9.17) is 18.6 Å². The van der Waals surface area contributed by atoms with Gasteiger partial charge >= 0.3 is 5.63 Å². The van der Waals surface area contributed by atoms with Crippen molar-refractivity contribution in [1.29, 1.82) is 0 Å². The second kappa shape index (κ2) is 11.6. The maximum Gasteiger partial charge on any atom is 0.336 e. The van der Waals surface area contributed by atoms with Gasteiger partial charge in [0.2, 0.25) is 0 Å². The van der Waals surface area contributed by atoms with Gasteiger partial charge in [-0.2, -0.15) is 0 Å². The molecule has 6 atom stereocenters. The first kappa shape index (κ1) is 27.3. The van der Waals surface area contributed by atoms with E-state index in [0.29, 0.717) is 24.2 Å². The van der Waals surface area contributed by atoms with E-state index in [1.165, 1.54) is 6.07 Å². The molecular formula is C25H34O10. The third-order valence-electron chi connectivity index (χ3n) is 6.16. The van der Waals surface area contributed by atoms with Crippen molar-refractivity contribution < 1.29 is 44.2 Å². The van der Waals surface area contributed by atoms with Gasteiger partial charge in [0, 0.05) is 17.5 Å². The van der Waals surface area contributed by atoms with Crippen LogP contribution in [-0.4, -0.2) is 81.2 Å². The van der Waals surface area contributed by atoms with Gasteiger partial charge in [0.05, 0.1) is 18.3 Å². The molecule has 0 bridgehead atoms. The molecule has 0 unspecified atom stereocenters. The molecule has 10 nitrogen and oxygen atoms in total. The van der Waals surface area contributed by atoms with Crippen LogP contribution in [0.15, 0.2) is 51.2 Å². The minimum absolute atomic E-state index is 0.287. The normalized spacial score (nSPS) is 26.6. The average molecular weight is 495 g/mol. The van der Waals surface area contributed by atoms with Gasteiger partial charge in [0.1, 0.15) is 42.4 Å². The van der Waals surface area contributed by atoms with Crippen LogP contribution in [0.2, 0.25) is 0 Å². The Bertz CT molecular complexity index is 1060. The predicted molar refractivity (Wildman–Crippen MR) is 126 cm³/mol. The molecule has 0 radical (unpaired) electrons. The summed E-state index contributed by atoms with van der Waals surface area (Å²) in [4.78, 5) is 11.4. The van der Waals surface area contributed by atoms with E-state index in [1.807, 2.05) is 13.0 Å². The molecule has 35 heavy (non-hydrogen) atoms. The second-order valence-corrected chi connectivity index (χ2v) is 9.29. The van der Waals surface area contributed by atoms with Crippen molar-refractivity contribution in [2.24, 2.45) is 0 Å². The van der Waals surface area contributed by atoms with Gasteiger partial charge in [0.15, 0.2) is 6.29 Å². The highest BCUT2D eigenvalue weighted by molar-refractivity contribution is 5.77. The molecule has 1 aromatic carbocycles. The van der Waals surface area contributed by atoms with E-state index in [0.717, 1.165) is 11.0 Å². The smallest absolute Gasteiger partial charge is 0.336 e. The first-order chi connectivity index (χ1) is 16.5. The molecule has 1 fully saturated rings. The Morgan fingerprint density at radius 3 is 2.57 bits per heavy atom. The number of benzene rings is 1. The summed E-state index contributed by atoms with van der Waals surface area (Å²) in [7, 11) is 0. The van der Waals surface area contributed by atoms with Crippen molar-refractivity contribution >= 4 is 11.0 Å². The third kappa shape index (κ3) is 6.89. The number of hydrogen-bond donors (Lipinski definition) is 5. The van der Waals surface area contributed by atoms with Gasteiger partial charge in [0.25, 0.3) is 0 Å². The van der Waals surface area contributed by atoms with Crippen LogP contribution in [0.3, 0.4) is 0 Å². The zero-order chi connectivity index (χ0) is 25.8. The van der Waals surface area contributed by atoms with Crippen LogP contribution in [0, 0.1) is 0 Å². The highest BCUT2D eigenvalue weighted by Crippen LogP contribution is 2.29. The fraction of sp³-hybridized carbons (Fsp3) is 0.560. The Hall–Kier alpha value is -2.31. The molecule has 2 aromatic rings. The maximum atomic E-state index is 11.4. The molecule has 2 heterocycles. The van der Waals surface area contributed by atoms with Gasteiger partial charge in [-0.25, -0.2) is 4.79 Å². The Morgan fingerprint density at radius 1 is 1.14 bits per heavy atom. The highest BCUT2D eigenvalue weighted by atomic mass is 16.7. The number of allylic oxidation sites excluding steroid dienone is 1. The van der Waals surface area contributed by atoms with Crippen LogP contribution < -0.4 is 10.4 Å². The largest absolute Gasteiger partial charge is 0.489 e. The van der Waals surface area contributed by atoms with E-state index < -0.39 is 54.6 Å². The molecule has 5 N–H and O–H groups in total. The lowest BCUT2D eigenvalue weighted by Crippen LogP contribution is -2.61. The molecule has 1 aromatic heterocycles. The van der Waals surface area contributed by atoms with E-state index in [9.17, 15) is 30.3 Å². The van der Waals surface area contributed by atoms with Crippen molar-refractivity contribution in [3.05, 3.63) is 52.4 Å². The number of ether oxygens (including phenoxy) is 3. The molecule has 0 amide bonds. The fourth-order valence-corrected chi connectivity index (χ4v) is 3.77. The fourth-order valence-electron chi connectivity index (χ4n) is 3.77. The molecule has 0 saturated carbocycles. The van der Waals surface area contributed by atoms with Crippen molar-refractivity contribution in [3.63, 3.8) is 0 Å². The molecule has 0 aliphatic carbocycles. The lowest BCUT2D eigenvalue weighted by Gasteiger charge is -2.43. The maximum absolute atomic E-state index is 11.4. The molecule has 10 heteroatoms. The number of aliphatic hydroxyl groups excluding tert-OH is 5. The van der Waals surface area contributed by atoms with E-state index in [-0.39, 0.29) is 6.61 Å². The number of aliphatic hydroxyl groups is 5. The van der Waals surface area contributed by atoms with Gasteiger partial charge in [-0.1, -0.05) is 5.57 Å². The SMILES string of the molecule is CC(=CCOc1ccc2ccc(=O)oc2c1)CC[C@H](O)C(C)(C)O[C@@H]1O[C@H](CO)[C@@H](O)[C@H](O)[C@H]1O. The molecule has 1 saturated heterocycles. The number of fused-ring (bicyclic) bond motifs is 1. The predicted octanol–water partition coefficient (Wildman–Crippen LogP) is 0.854. The molecule has 0 spiro atoms. The Kier molecular flexibility index (Phi) is 9.05. The quantitative estimate of drug-likeness (QED) is 0.237. The standard InChI is InChI=1S/C25H34O10/c1-14(10-11-32-16-7-5-15-6-9-20(28)33-17(15)12-16)4-8-19(27)25(2,3)35-24-23(31)22(30)21(29)18(13-26)34-24/h5-7,9-10,12,18-19,21-24,26-27,29-31H,4,8,11,13H2,1-3H3/t18-,19+,21-,22+,23-,24+/m1/s1. The van der Waals surface area contributed by atoms with Gasteiger partial charge < -0.3 is 44.2 Å². The summed E-state index contributed by atoms with van der Waals surface area (Å²) in [6, 6.07) is 8.29. The Labute approximate surface area is 203 Å². The highest BCUT2D eigenvalue weighted by Gasteiger charge is 2.46. The van der Waals surface area contributed by atoms with Crippen molar-refractivity contribution in [2.75, 3.05) is 13.2 Å². The Morgan fingerprint density at radius 2 is 1.86 bits per heavy atom. The summed E-state index contributed by atoms with van der Waals surface area (Å²) in [5.41, 5.74) is -0.165.